The summed E-state index contributed by atoms with van der Waals surface area (Å²) in [6, 6.07) is 1.91. The van der Waals surface area contributed by atoms with Crippen LogP contribution >= 0.6 is 0 Å². The molecule has 0 bridgehead atoms. The fourth-order valence-corrected chi connectivity index (χ4v) is 2.54. The van der Waals surface area contributed by atoms with E-state index < -0.39 is 27.1 Å². The summed E-state index contributed by atoms with van der Waals surface area (Å²) in [6.45, 7) is 0. The van der Waals surface area contributed by atoms with Crippen molar-refractivity contribution in [3.05, 3.63) is 37.9 Å². The first-order valence-electron chi connectivity index (χ1n) is 6.68. The molecule has 0 atom stereocenters. The highest BCUT2D eigenvalue weighted by molar-refractivity contribution is 5.97. The number of amides is 1. The highest BCUT2D eigenvalue weighted by atomic mass is 16.6. The van der Waals surface area contributed by atoms with E-state index in [9.17, 15) is 25.0 Å². The summed E-state index contributed by atoms with van der Waals surface area (Å²) in [4.78, 5) is 32.4. The van der Waals surface area contributed by atoms with Crippen molar-refractivity contribution in [2.24, 2.45) is 5.84 Å². The number of hydrogen-bond donors (Lipinski definition) is 3. The summed E-state index contributed by atoms with van der Waals surface area (Å²) in [7, 11) is 0. The number of hydrogen-bond acceptors (Lipinski definition) is 7. The highest BCUT2D eigenvalue weighted by Crippen LogP contribution is 2.37. The van der Waals surface area contributed by atoms with E-state index in [1.54, 1.807) is 5.43 Å². The number of nitrogens with two attached hydrogens (primary N) is 1. The van der Waals surface area contributed by atoms with Gasteiger partial charge in [-0.2, -0.15) is 0 Å². The van der Waals surface area contributed by atoms with E-state index in [4.69, 9.17) is 5.84 Å². The summed E-state index contributed by atoms with van der Waals surface area (Å²) in [6.07, 6.45) is 3.51. The van der Waals surface area contributed by atoms with E-state index in [1.165, 1.54) is 0 Å². The van der Waals surface area contributed by atoms with E-state index in [0.29, 0.717) is 0 Å². The highest BCUT2D eigenvalue weighted by Gasteiger charge is 2.30. The summed E-state index contributed by atoms with van der Waals surface area (Å²) >= 11 is 0. The molecule has 10 nitrogen and oxygen atoms in total. The number of nitrogens with zero attached hydrogens (tertiary/aromatic N) is 2. The van der Waals surface area contributed by atoms with Gasteiger partial charge in [0.1, 0.15) is 0 Å². The SMILES string of the molecule is NNC(=O)c1cc([N+](=O)[O-])c(NC2CCCC2)c([N+](=O)[O-])c1. The molecule has 4 N–H and O–H groups in total. The van der Waals surface area contributed by atoms with Gasteiger partial charge in [0, 0.05) is 18.2 Å². The Morgan fingerprint density at radius 2 is 1.64 bits per heavy atom. The molecule has 0 saturated heterocycles. The standard InChI is InChI=1S/C12H15N5O5/c13-15-12(18)7-5-9(16(19)20)11(10(6-7)17(21)22)14-8-3-1-2-4-8/h5-6,8,14H,1-4,13H2,(H,15,18). The third kappa shape index (κ3) is 3.11. The van der Waals surface area contributed by atoms with Crippen LogP contribution in [0.5, 0.6) is 0 Å². The lowest BCUT2D eigenvalue weighted by molar-refractivity contribution is -0.392. The number of rotatable bonds is 5. The first kappa shape index (κ1) is 15.6. The molecule has 1 aliphatic carbocycles. The van der Waals surface area contributed by atoms with Crippen molar-refractivity contribution in [1.29, 1.82) is 0 Å². The molecular formula is C12H15N5O5. The second-order valence-electron chi connectivity index (χ2n) is 5.00. The molecule has 2 rings (SSSR count). The molecule has 1 saturated carbocycles. The van der Waals surface area contributed by atoms with E-state index in [2.05, 4.69) is 5.32 Å². The van der Waals surface area contributed by atoms with Gasteiger partial charge in [-0.05, 0) is 12.8 Å². The lowest BCUT2D eigenvalue weighted by Gasteiger charge is -2.14. The lowest BCUT2D eigenvalue weighted by Crippen LogP contribution is -2.30. The molecule has 10 heteroatoms. The molecule has 1 fully saturated rings. The van der Waals surface area contributed by atoms with Gasteiger partial charge in [-0.15, -0.1) is 0 Å². The molecule has 0 aliphatic heterocycles. The Kier molecular flexibility index (Phi) is 4.51. The quantitative estimate of drug-likeness (QED) is 0.322. The zero-order valence-electron chi connectivity index (χ0n) is 11.6. The fraction of sp³-hybridized carbons (Fsp3) is 0.417. The number of nitrogen functional groups attached to an aromatic ring is 1. The maximum Gasteiger partial charge on any atom is 0.300 e. The van der Waals surface area contributed by atoms with E-state index >= 15 is 0 Å². The summed E-state index contributed by atoms with van der Waals surface area (Å²) in [5.41, 5.74) is 0.364. The third-order valence-electron chi connectivity index (χ3n) is 3.59. The maximum atomic E-state index is 11.5. The maximum absolute atomic E-state index is 11.5. The number of nitro benzene ring substituents is 2. The van der Waals surface area contributed by atoms with Crippen LogP contribution in [0.4, 0.5) is 17.1 Å². The Morgan fingerprint density at radius 3 is 2.05 bits per heavy atom. The Hall–Kier alpha value is -2.75. The van der Waals surface area contributed by atoms with Gasteiger partial charge in [0.2, 0.25) is 0 Å². The number of carbonyl (C=O) groups excluding carboxylic acids is 1. The van der Waals surface area contributed by atoms with Crippen molar-refractivity contribution in [1.82, 2.24) is 5.43 Å². The van der Waals surface area contributed by atoms with Gasteiger partial charge >= 0.3 is 0 Å². The average molecular weight is 309 g/mol. The van der Waals surface area contributed by atoms with Crippen LogP contribution in [0, 0.1) is 20.2 Å². The molecule has 0 heterocycles. The lowest BCUT2D eigenvalue weighted by atomic mass is 10.1. The Labute approximate surface area is 124 Å². The second kappa shape index (κ2) is 6.35. The molecule has 0 aromatic heterocycles. The van der Waals surface area contributed by atoms with Crippen LogP contribution in [-0.4, -0.2) is 21.8 Å². The van der Waals surface area contributed by atoms with Crippen LogP contribution in [0.1, 0.15) is 36.0 Å². The monoisotopic (exact) mass is 309 g/mol. The van der Waals surface area contributed by atoms with Crippen LogP contribution in [0.15, 0.2) is 12.1 Å². The van der Waals surface area contributed by atoms with Crippen molar-refractivity contribution in [3.8, 4) is 0 Å². The van der Waals surface area contributed by atoms with Crippen LogP contribution < -0.4 is 16.6 Å². The molecule has 1 aliphatic rings. The van der Waals surface area contributed by atoms with Crippen molar-refractivity contribution >= 4 is 23.0 Å². The smallest absolute Gasteiger partial charge is 0.300 e. The Morgan fingerprint density at radius 1 is 1.14 bits per heavy atom. The first-order valence-corrected chi connectivity index (χ1v) is 6.68. The molecule has 22 heavy (non-hydrogen) atoms. The average Bonchev–Trinajstić information content (AvgIpc) is 2.98. The number of nitrogens with one attached hydrogen (secondary N) is 2. The van der Waals surface area contributed by atoms with Crippen molar-refractivity contribution < 1.29 is 14.6 Å². The number of benzene rings is 1. The molecule has 1 aromatic rings. The van der Waals surface area contributed by atoms with Crippen molar-refractivity contribution in [2.45, 2.75) is 31.7 Å². The summed E-state index contributed by atoms with van der Waals surface area (Å²) < 4.78 is 0. The Bertz CT molecular complexity index is 591. The van der Waals surface area contributed by atoms with E-state index in [-0.39, 0.29) is 17.3 Å². The molecule has 1 aromatic carbocycles. The zero-order chi connectivity index (χ0) is 16.3. The predicted molar refractivity (Wildman–Crippen MR) is 77.3 cm³/mol. The van der Waals surface area contributed by atoms with Gasteiger partial charge in [-0.1, -0.05) is 12.8 Å². The number of anilines is 1. The van der Waals surface area contributed by atoms with Crippen molar-refractivity contribution in [2.75, 3.05) is 5.32 Å². The Balaban J connectivity index is 2.54. The third-order valence-corrected chi connectivity index (χ3v) is 3.59. The summed E-state index contributed by atoms with van der Waals surface area (Å²) in [5.74, 6) is 4.14. The molecular weight excluding hydrogens is 294 g/mol. The minimum Gasteiger partial charge on any atom is -0.371 e. The van der Waals surface area contributed by atoms with E-state index in [1.807, 2.05) is 0 Å². The van der Waals surface area contributed by atoms with Gasteiger partial charge in [-0.3, -0.25) is 30.4 Å². The topological polar surface area (TPSA) is 153 Å². The molecule has 1 amide bonds. The minimum atomic E-state index is -0.835. The number of hydrazine groups is 1. The van der Waals surface area contributed by atoms with Gasteiger partial charge < -0.3 is 5.32 Å². The van der Waals surface area contributed by atoms with Crippen LogP contribution in [0.2, 0.25) is 0 Å². The molecule has 0 radical (unpaired) electrons. The normalized spacial score (nSPS) is 14.6. The fourth-order valence-electron chi connectivity index (χ4n) is 2.54. The minimum absolute atomic E-state index is 0.0495. The number of carbonyl (C=O) groups is 1. The first-order chi connectivity index (χ1) is 10.4. The molecule has 0 unspecified atom stereocenters. The van der Waals surface area contributed by atoms with Gasteiger partial charge in [0.15, 0.2) is 5.69 Å². The van der Waals surface area contributed by atoms with Gasteiger partial charge in [0.25, 0.3) is 17.3 Å². The largest absolute Gasteiger partial charge is 0.371 e. The van der Waals surface area contributed by atoms with Gasteiger partial charge in [-0.25, -0.2) is 5.84 Å². The van der Waals surface area contributed by atoms with E-state index in [0.717, 1.165) is 37.8 Å². The van der Waals surface area contributed by atoms with Crippen LogP contribution in [-0.2, 0) is 0 Å². The van der Waals surface area contributed by atoms with Crippen molar-refractivity contribution in [3.63, 3.8) is 0 Å². The molecule has 118 valence electrons. The molecule has 0 spiro atoms. The van der Waals surface area contributed by atoms with Crippen LogP contribution in [0.3, 0.4) is 0 Å². The van der Waals surface area contributed by atoms with Crippen LogP contribution in [0.25, 0.3) is 0 Å². The van der Waals surface area contributed by atoms with Gasteiger partial charge in [0.05, 0.1) is 15.4 Å². The zero-order valence-corrected chi connectivity index (χ0v) is 11.6. The predicted octanol–water partition coefficient (Wildman–Crippen LogP) is 1.46. The summed E-state index contributed by atoms with van der Waals surface area (Å²) in [5, 5.41) is 25.3. The second-order valence-corrected chi connectivity index (χ2v) is 5.00. The number of nitro groups is 2.